The lowest BCUT2D eigenvalue weighted by atomic mass is 9.94. The van der Waals surface area contributed by atoms with Gasteiger partial charge in [-0.25, -0.2) is 4.79 Å². The SMILES string of the molecule is CCCC(=O)O[C@@H]1[C@@H](OC(=O)CCC)[C@H](OC(=O)[C@@](C)(N)Cc2ccc(O)cc2)OC[C@H]1OC(=O)CCC. The number of nitrogens with two attached hydrogens (primary N) is 1. The third-order valence-corrected chi connectivity index (χ3v) is 5.76. The second-order valence-electron chi connectivity index (χ2n) is 9.55. The van der Waals surface area contributed by atoms with E-state index in [1.807, 2.05) is 6.92 Å². The lowest BCUT2D eigenvalue weighted by Gasteiger charge is -2.40. The van der Waals surface area contributed by atoms with Crippen LogP contribution in [0.2, 0.25) is 0 Å². The number of carbonyl (C=O) groups excluding carboxylic acids is 4. The molecule has 1 fully saturated rings. The summed E-state index contributed by atoms with van der Waals surface area (Å²) in [7, 11) is 0. The molecule has 0 aromatic heterocycles. The standard InChI is InChI=1S/C27H39NO10/c1-5-8-20(30)35-19-16-34-25(24(37-22(32)10-7-3)23(19)36-21(31)9-6-2)38-26(33)27(4,28)15-17-11-13-18(29)14-12-17/h11-14,19,23-25,29H,5-10,15-16,28H2,1-4H3/t19-,23+,24-,25+,27+/m1/s1. The van der Waals surface area contributed by atoms with Crippen LogP contribution in [-0.4, -0.2) is 65.7 Å². The van der Waals surface area contributed by atoms with Gasteiger partial charge in [0.05, 0.1) is 6.61 Å². The van der Waals surface area contributed by atoms with Gasteiger partial charge in [-0.1, -0.05) is 32.9 Å². The summed E-state index contributed by atoms with van der Waals surface area (Å²) >= 11 is 0. The lowest BCUT2D eigenvalue weighted by Crippen LogP contribution is -2.60. The molecule has 1 aliphatic heterocycles. The molecule has 0 amide bonds. The molecule has 0 saturated carbocycles. The van der Waals surface area contributed by atoms with Crippen molar-refractivity contribution in [2.75, 3.05) is 6.61 Å². The Labute approximate surface area is 222 Å². The zero-order valence-corrected chi connectivity index (χ0v) is 22.5. The first kappa shape index (κ1) is 31.0. The summed E-state index contributed by atoms with van der Waals surface area (Å²) in [4.78, 5) is 50.3. The fourth-order valence-corrected chi connectivity index (χ4v) is 3.83. The smallest absolute Gasteiger partial charge is 0.328 e. The molecule has 38 heavy (non-hydrogen) atoms. The van der Waals surface area contributed by atoms with Gasteiger partial charge in [-0.05, 0) is 43.9 Å². The summed E-state index contributed by atoms with van der Waals surface area (Å²) in [5.74, 6) is -2.53. The molecule has 1 aromatic carbocycles. The minimum Gasteiger partial charge on any atom is -0.508 e. The maximum absolute atomic E-state index is 13.1. The van der Waals surface area contributed by atoms with Crippen LogP contribution >= 0.6 is 0 Å². The van der Waals surface area contributed by atoms with Crippen LogP contribution in [0.5, 0.6) is 5.75 Å². The zero-order valence-electron chi connectivity index (χ0n) is 22.5. The largest absolute Gasteiger partial charge is 0.508 e. The van der Waals surface area contributed by atoms with Gasteiger partial charge in [-0.2, -0.15) is 0 Å². The number of aromatic hydroxyl groups is 1. The Bertz CT molecular complexity index is 946. The average molecular weight is 538 g/mol. The highest BCUT2D eigenvalue weighted by atomic mass is 16.7. The molecule has 3 N–H and O–H groups in total. The van der Waals surface area contributed by atoms with E-state index < -0.39 is 54.0 Å². The number of esters is 4. The zero-order chi connectivity index (χ0) is 28.3. The Balaban J connectivity index is 2.30. The average Bonchev–Trinajstić information content (AvgIpc) is 2.84. The van der Waals surface area contributed by atoms with Gasteiger partial charge in [0, 0.05) is 25.7 Å². The van der Waals surface area contributed by atoms with Gasteiger partial charge >= 0.3 is 23.9 Å². The molecule has 1 saturated heterocycles. The predicted octanol–water partition coefficient (Wildman–Crippen LogP) is 2.69. The number of hydrogen-bond donors (Lipinski definition) is 2. The van der Waals surface area contributed by atoms with E-state index in [9.17, 15) is 24.3 Å². The summed E-state index contributed by atoms with van der Waals surface area (Å²) < 4.78 is 27.9. The maximum Gasteiger partial charge on any atom is 0.328 e. The number of rotatable bonds is 13. The van der Waals surface area contributed by atoms with Crippen LogP contribution in [0, 0.1) is 0 Å². The summed E-state index contributed by atoms with van der Waals surface area (Å²) in [5.41, 5.74) is 5.43. The Morgan fingerprint density at radius 3 is 1.89 bits per heavy atom. The Hall–Kier alpha value is -3.18. The van der Waals surface area contributed by atoms with Crippen LogP contribution in [0.25, 0.3) is 0 Å². The molecule has 2 rings (SSSR count). The highest BCUT2D eigenvalue weighted by Gasteiger charge is 2.50. The quantitative estimate of drug-likeness (QED) is 0.281. The van der Waals surface area contributed by atoms with Crippen molar-refractivity contribution in [1.29, 1.82) is 0 Å². The first-order valence-electron chi connectivity index (χ1n) is 13.0. The molecule has 11 nitrogen and oxygen atoms in total. The first-order chi connectivity index (χ1) is 18.0. The van der Waals surface area contributed by atoms with E-state index in [0.717, 1.165) is 0 Å². The van der Waals surface area contributed by atoms with Crippen LogP contribution in [0.15, 0.2) is 24.3 Å². The number of ether oxygens (including phenoxy) is 5. The second-order valence-corrected chi connectivity index (χ2v) is 9.55. The Morgan fingerprint density at radius 1 is 0.868 bits per heavy atom. The molecule has 5 atom stereocenters. The van der Waals surface area contributed by atoms with E-state index in [4.69, 9.17) is 29.4 Å². The molecular weight excluding hydrogens is 498 g/mol. The molecule has 0 aliphatic carbocycles. The monoisotopic (exact) mass is 537 g/mol. The topological polar surface area (TPSA) is 161 Å². The van der Waals surface area contributed by atoms with E-state index in [2.05, 4.69) is 0 Å². The number of phenolic OH excluding ortho intramolecular Hbond substituents is 1. The fourth-order valence-electron chi connectivity index (χ4n) is 3.83. The maximum atomic E-state index is 13.1. The fraction of sp³-hybridized carbons (Fsp3) is 0.630. The second kappa shape index (κ2) is 14.7. The van der Waals surface area contributed by atoms with Crippen LogP contribution in [-0.2, 0) is 49.3 Å². The van der Waals surface area contributed by atoms with Crippen molar-refractivity contribution in [3.63, 3.8) is 0 Å². The van der Waals surface area contributed by atoms with Crippen molar-refractivity contribution in [2.24, 2.45) is 5.73 Å². The molecule has 0 radical (unpaired) electrons. The summed E-state index contributed by atoms with van der Waals surface area (Å²) in [5, 5.41) is 9.50. The number of carbonyl (C=O) groups is 4. The first-order valence-corrected chi connectivity index (χ1v) is 13.0. The third-order valence-electron chi connectivity index (χ3n) is 5.76. The molecule has 1 aliphatic rings. The number of hydrogen-bond acceptors (Lipinski definition) is 11. The van der Waals surface area contributed by atoms with E-state index in [-0.39, 0.29) is 38.0 Å². The summed E-state index contributed by atoms with van der Waals surface area (Å²) in [6.07, 6.45) is -3.32. The van der Waals surface area contributed by atoms with E-state index in [1.165, 1.54) is 19.1 Å². The normalized spacial score (nSPS) is 22.6. The molecule has 0 bridgehead atoms. The van der Waals surface area contributed by atoms with Gasteiger partial charge in [0.1, 0.15) is 11.3 Å². The molecular formula is C27H39NO10. The van der Waals surface area contributed by atoms with Gasteiger partial charge in [-0.15, -0.1) is 0 Å². The van der Waals surface area contributed by atoms with E-state index in [0.29, 0.717) is 24.8 Å². The Kier molecular flexibility index (Phi) is 12.0. The third kappa shape index (κ3) is 9.29. The molecule has 0 unspecified atom stereocenters. The van der Waals surface area contributed by atoms with Crippen molar-refractivity contribution < 1.29 is 48.0 Å². The van der Waals surface area contributed by atoms with Crippen molar-refractivity contribution in [3.05, 3.63) is 29.8 Å². The van der Waals surface area contributed by atoms with Crippen molar-refractivity contribution >= 4 is 23.9 Å². The van der Waals surface area contributed by atoms with Crippen LogP contribution in [0.3, 0.4) is 0 Å². The van der Waals surface area contributed by atoms with Gasteiger partial charge < -0.3 is 34.5 Å². The number of phenols is 1. The summed E-state index contributed by atoms with van der Waals surface area (Å²) in [6, 6.07) is 6.19. The van der Waals surface area contributed by atoms with Gasteiger partial charge in [0.2, 0.25) is 12.4 Å². The summed E-state index contributed by atoms with van der Waals surface area (Å²) in [6.45, 7) is 6.59. The predicted molar refractivity (Wildman–Crippen MR) is 135 cm³/mol. The van der Waals surface area contributed by atoms with Crippen LogP contribution in [0.4, 0.5) is 0 Å². The number of benzene rings is 1. The minimum atomic E-state index is -1.52. The molecule has 0 spiro atoms. The van der Waals surface area contributed by atoms with Gasteiger partial charge in [-0.3, -0.25) is 14.4 Å². The Morgan fingerprint density at radius 2 is 1.37 bits per heavy atom. The minimum absolute atomic E-state index is 0.0581. The highest BCUT2D eigenvalue weighted by Crippen LogP contribution is 2.28. The van der Waals surface area contributed by atoms with Gasteiger partial charge in [0.25, 0.3) is 0 Å². The molecule has 1 aromatic rings. The van der Waals surface area contributed by atoms with Gasteiger partial charge in [0.15, 0.2) is 12.2 Å². The van der Waals surface area contributed by atoms with Crippen molar-refractivity contribution in [2.45, 2.75) is 103 Å². The van der Waals surface area contributed by atoms with Crippen molar-refractivity contribution in [3.8, 4) is 5.75 Å². The molecule has 212 valence electrons. The lowest BCUT2D eigenvalue weighted by molar-refractivity contribution is -0.277. The van der Waals surface area contributed by atoms with E-state index in [1.54, 1.807) is 26.0 Å². The van der Waals surface area contributed by atoms with Crippen LogP contribution in [0.1, 0.15) is 71.8 Å². The highest BCUT2D eigenvalue weighted by molar-refractivity contribution is 5.80. The molecule has 1 heterocycles. The van der Waals surface area contributed by atoms with E-state index >= 15 is 0 Å². The molecule has 11 heteroatoms. The van der Waals surface area contributed by atoms with Crippen LogP contribution < -0.4 is 5.73 Å². The van der Waals surface area contributed by atoms with Crippen molar-refractivity contribution in [1.82, 2.24) is 0 Å².